The first-order valence-electron chi connectivity index (χ1n) is 9.38. The maximum absolute atomic E-state index is 6.04. The van der Waals surface area contributed by atoms with Crippen LogP contribution in [0.5, 0.6) is 5.88 Å². The molecule has 0 atom stereocenters. The summed E-state index contributed by atoms with van der Waals surface area (Å²) < 4.78 is 9.51. The van der Waals surface area contributed by atoms with E-state index in [4.69, 9.17) is 4.74 Å². The molecule has 0 spiro atoms. The number of nitrogens with zero attached hydrogens (tertiary/aromatic N) is 4. The van der Waals surface area contributed by atoms with Crippen LogP contribution in [0.4, 0.5) is 0 Å². The van der Waals surface area contributed by atoms with Gasteiger partial charge in [-0.3, -0.25) is 4.57 Å². The van der Waals surface area contributed by atoms with Crippen LogP contribution in [0.25, 0.3) is 5.69 Å². The quantitative estimate of drug-likeness (QED) is 0.500. The lowest BCUT2D eigenvalue weighted by molar-refractivity contribution is 0.139. The maximum Gasteiger partial charge on any atom is 0.213 e. The van der Waals surface area contributed by atoms with Crippen LogP contribution in [-0.4, -0.2) is 25.9 Å². The summed E-state index contributed by atoms with van der Waals surface area (Å²) in [7, 11) is 0. The summed E-state index contributed by atoms with van der Waals surface area (Å²) in [6.07, 6.45) is 6.14. The van der Waals surface area contributed by atoms with Gasteiger partial charge in [0.2, 0.25) is 5.88 Å². The van der Waals surface area contributed by atoms with Crippen molar-refractivity contribution in [3.8, 4) is 11.6 Å². The van der Waals surface area contributed by atoms with Crippen molar-refractivity contribution >= 4 is 22.6 Å². The number of ether oxygens (including phenoxy) is 1. The van der Waals surface area contributed by atoms with Gasteiger partial charge in [0.1, 0.15) is 17.8 Å². The van der Waals surface area contributed by atoms with Crippen LogP contribution in [0.1, 0.15) is 48.8 Å². The molecule has 2 aromatic heterocycles. The highest BCUT2D eigenvalue weighted by Crippen LogP contribution is 2.35. The number of hydrogen-bond donors (Lipinski definition) is 0. The zero-order valence-electron chi connectivity index (χ0n) is 15.6. The van der Waals surface area contributed by atoms with E-state index in [-0.39, 0.29) is 6.10 Å². The van der Waals surface area contributed by atoms with Crippen LogP contribution >= 0.6 is 22.6 Å². The molecule has 0 radical (unpaired) electrons. The van der Waals surface area contributed by atoms with Crippen LogP contribution < -0.4 is 4.74 Å². The van der Waals surface area contributed by atoms with Gasteiger partial charge in [0.25, 0.3) is 0 Å². The largest absolute Gasteiger partial charge is 0.474 e. The van der Waals surface area contributed by atoms with Crippen molar-refractivity contribution in [2.24, 2.45) is 0 Å². The topological polar surface area (TPSA) is 52.8 Å². The summed E-state index contributed by atoms with van der Waals surface area (Å²) in [4.78, 5) is 4.27. The molecule has 0 amide bonds. The Bertz CT molecular complexity index is 917. The van der Waals surface area contributed by atoms with Crippen molar-refractivity contribution in [1.29, 1.82) is 0 Å². The minimum absolute atomic E-state index is 0.230. The third-order valence-electron chi connectivity index (χ3n) is 5.21. The lowest BCUT2D eigenvalue weighted by atomic mass is 9.86. The molecule has 0 aliphatic heterocycles. The fraction of sp³-hybridized carbons (Fsp3) is 0.381. The molecule has 0 bridgehead atoms. The van der Waals surface area contributed by atoms with E-state index in [1.165, 1.54) is 14.8 Å². The van der Waals surface area contributed by atoms with Crippen LogP contribution in [-0.2, 0) is 0 Å². The third kappa shape index (κ3) is 4.00. The average molecular weight is 474 g/mol. The second-order valence-electron chi connectivity index (χ2n) is 7.13. The number of benzene rings is 1. The Morgan fingerprint density at radius 3 is 2.56 bits per heavy atom. The number of aromatic nitrogens is 4. The summed E-state index contributed by atoms with van der Waals surface area (Å²) in [6.45, 7) is 4.18. The fourth-order valence-electron chi connectivity index (χ4n) is 3.84. The fourth-order valence-corrected chi connectivity index (χ4v) is 4.48. The van der Waals surface area contributed by atoms with E-state index < -0.39 is 0 Å². The molecule has 4 rings (SSSR count). The Labute approximate surface area is 173 Å². The maximum atomic E-state index is 6.04. The molecule has 0 unspecified atom stereocenters. The van der Waals surface area contributed by atoms with Gasteiger partial charge < -0.3 is 4.74 Å². The highest BCUT2D eigenvalue weighted by molar-refractivity contribution is 14.1. The molecule has 27 heavy (non-hydrogen) atoms. The average Bonchev–Trinajstić information content (AvgIpc) is 3.05. The minimum Gasteiger partial charge on any atom is -0.474 e. The van der Waals surface area contributed by atoms with Gasteiger partial charge in [-0.05, 0) is 92.0 Å². The van der Waals surface area contributed by atoms with E-state index in [9.17, 15) is 0 Å². The van der Waals surface area contributed by atoms with Gasteiger partial charge in [-0.25, -0.2) is 4.98 Å². The molecule has 5 nitrogen and oxygen atoms in total. The Kier molecular flexibility index (Phi) is 5.43. The van der Waals surface area contributed by atoms with Gasteiger partial charge in [-0.1, -0.05) is 6.07 Å². The molecular formula is C21H23IN4O. The molecule has 2 heterocycles. The first-order chi connectivity index (χ1) is 13.1. The van der Waals surface area contributed by atoms with Crippen molar-refractivity contribution in [3.05, 3.63) is 63.4 Å². The minimum atomic E-state index is 0.230. The summed E-state index contributed by atoms with van der Waals surface area (Å²) in [6, 6.07) is 12.3. The Balaban J connectivity index is 1.51. The van der Waals surface area contributed by atoms with Crippen LogP contribution in [0.2, 0.25) is 0 Å². The van der Waals surface area contributed by atoms with E-state index in [1.807, 2.05) is 25.1 Å². The number of hydrogen-bond acceptors (Lipinski definition) is 4. The van der Waals surface area contributed by atoms with Crippen LogP contribution in [0.3, 0.4) is 0 Å². The number of pyridine rings is 1. The third-order valence-corrected chi connectivity index (χ3v) is 5.89. The summed E-state index contributed by atoms with van der Waals surface area (Å²) >= 11 is 2.35. The summed E-state index contributed by atoms with van der Waals surface area (Å²) in [5.41, 5.74) is 2.43. The highest BCUT2D eigenvalue weighted by atomic mass is 127. The van der Waals surface area contributed by atoms with Gasteiger partial charge in [-0.2, -0.15) is 0 Å². The molecule has 1 aliphatic rings. The van der Waals surface area contributed by atoms with Gasteiger partial charge in [0, 0.05) is 21.8 Å². The molecule has 1 aliphatic carbocycles. The standard InChI is InChI=1S/C21H23IN4O/c1-14-13-17(22)8-11-19(14)26-15(2)24-25-21(26)16-6-9-18(10-7-16)27-20-5-3-4-12-23-20/h3-5,8,11-13,16,18H,6-7,9-10H2,1-2H3. The zero-order valence-corrected chi connectivity index (χ0v) is 17.8. The van der Waals surface area contributed by atoms with Gasteiger partial charge >= 0.3 is 0 Å². The van der Waals surface area contributed by atoms with Crippen LogP contribution in [0.15, 0.2) is 42.6 Å². The molecule has 1 saturated carbocycles. The Morgan fingerprint density at radius 2 is 1.85 bits per heavy atom. The summed E-state index contributed by atoms with van der Waals surface area (Å²) in [5, 5.41) is 8.93. The Hall–Kier alpha value is -1.96. The number of halogens is 1. The molecule has 3 aromatic rings. The predicted molar refractivity (Wildman–Crippen MR) is 113 cm³/mol. The van der Waals surface area contributed by atoms with Crippen molar-refractivity contribution in [1.82, 2.24) is 19.7 Å². The van der Waals surface area contributed by atoms with Gasteiger partial charge in [-0.15, -0.1) is 10.2 Å². The van der Waals surface area contributed by atoms with E-state index in [2.05, 4.69) is 67.5 Å². The van der Waals surface area contributed by atoms with E-state index in [0.717, 1.165) is 43.2 Å². The Morgan fingerprint density at radius 1 is 1.04 bits per heavy atom. The lowest BCUT2D eigenvalue weighted by Crippen LogP contribution is -2.25. The SMILES string of the molecule is Cc1cc(I)ccc1-n1c(C)nnc1C1CCC(Oc2ccccn2)CC1. The van der Waals surface area contributed by atoms with Gasteiger partial charge in [0.15, 0.2) is 0 Å². The van der Waals surface area contributed by atoms with Crippen molar-refractivity contribution in [2.75, 3.05) is 0 Å². The number of aryl methyl sites for hydroxylation is 2. The summed E-state index contributed by atoms with van der Waals surface area (Å²) in [5.74, 6) is 3.15. The monoisotopic (exact) mass is 474 g/mol. The second-order valence-corrected chi connectivity index (χ2v) is 8.38. The second kappa shape index (κ2) is 7.96. The molecular weight excluding hydrogens is 451 g/mol. The normalized spacial score (nSPS) is 19.8. The van der Waals surface area contributed by atoms with Crippen molar-refractivity contribution in [3.63, 3.8) is 0 Å². The molecule has 6 heteroatoms. The predicted octanol–water partition coefficient (Wildman–Crippen LogP) is 4.99. The first-order valence-corrected chi connectivity index (χ1v) is 10.5. The van der Waals surface area contributed by atoms with E-state index >= 15 is 0 Å². The van der Waals surface area contributed by atoms with E-state index in [0.29, 0.717) is 5.92 Å². The molecule has 140 valence electrons. The molecule has 0 N–H and O–H groups in total. The van der Waals surface area contributed by atoms with Gasteiger partial charge in [0.05, 0.1) is 5.69 Å². The zero-order chi connectivity index (χ0) is 18.8. The smallest absolute Gasteiger partial charge is 0.213 e. The van der Waals surface area contributed by atoms with Crippen LogP contribution in [0, 0.1) is 17.4 Å². The molecule has 0 saturated heterocycles. The molecule has 1 aromatic carbocycles. The highest BCUT2D eigenvalue weighted by Gasteiger charge is 2.28. The number of rotatable bonds is 4. The first kappa shape index (κ1) is 18.4. The lowest BCUT2D eigenvalue weighted by Gasteiger charge is -2.28. The van der Waals surface area contributed by atoms with Crippen molar-refractivity contribution < 1.29 is 4.74 Å². The van der Waals surface area contributed by atoms with E-state index in [1.54, 1.807) is 6.20 Å². The molecule has 1 fully saturated rings. The van der Waals surface area contributed by atoms with Crippen molar-refractivity contribution in [2.45, 2.75) is 51.6 Å².